The summed E-state index contributed by atoms with van der Waals surface area (Å²) in [6.07, 6.45) is -0.642. The van der Waals surface area contributed by atoms with E-state index < -0.39 is 6.10 Å². The van der Waals surface area contributed by atoms with Crippen LogP contribution in [0.5, 0.6) is 5.75 Å². The number of nitrogens with zero attached hydrogens (tertiary/aromatic N) is 2. The van der Waals surface area contributed by atoms with Crippen molar-refractivity contribution in [3.05, 3.63) is 53.3 Å². The van der Waals surface area contributed by atoms with Gasteiger partial charge in [-0.3, -0.25) is 4.68 Å². The number of ether oxygens (including phenoxy) is 1. The largest absolute Gasteiger partial charge is 0.491 e. The summed E-state index contributed by atoms with van der Waals surface area (Å²) >= 11 is 0. The first kappa shape index (κ1) is 14.9. The third-order valence-corrected chi connectivity index (χ3v) is 3.16. The molecule has 1 heterocycles. The molecule has 0 fully saturated rings. The Balaban J connectivity index is 1.82. The number of rotatable bonds is 6. The van der Waals surface area contributed by atoms with Crippen LogP contribution in [0.4, 0.5) is 0 Å². The highest BCUT2D eigenvalue weighted by atomic mass is 16.5. The summed E-state index contributed by atoms with van der Waals surface area (Å²) in [5, 5.41) is 18.8. The van der Waals surface area contributed by atoms with Crippen molar-refractivity contribution in [2.24, 2.45) is 0 Å². The average molecular weight is 285 g/mol. The van der Waals surface area contributed by atoms with Crippen molar-refractivity contribution < 1.29 is 9.84 Å². The highest BCUT2D eigenvalue weighted by Crippen LogP contribution is 2.12. The molecular formula is C16H19N3O2. The number of nitrogens with one attached hydrogen (secondary N) is 1. The number of hydrogen-bond acceptors (Lipinski definition) is 4. The van der Waals surface area contributed by atoms with Gasteiger partial charge in [0.2, 0.25) is 0 Å². The van der Waals surface area contributed by atoms with Crippen LogP contribution in [0.15, 0.2) is 36.4 Å². The van der Waals surface area contributed by atoms with E-state index in [1.54, 1.807) is 24.3 Å². The maximum atomic E-state index is 9.95. The smallest absolute Gasteiger partial charge is 0.120 e. The average Bonchev–Trinajstić information content (AvgIpc) is 2.82. The number of hydrogen-bond donors (Lipinski definition) is 2. The van der Waals surface area contributed by atoms with Crippen molar-refractivity contribution in [3.8, 4) is 11.8 Å². The van der Waals surface area contributed by atoms with Gasteiger partial charge in [0, 0.05) is 11.4 Å². The molecule has 1 aromatic carbocycles. The van der Waals surface area contributed by atoms with Crippen LogP contribution in [0.25, 0.3) is 0 Å². The predicted molar refractivity (Wildman–Crippen MR) is 80.8 cm³/mol. The first-order valence-electron chi connectivity index (χ1n) is 6.80. The van der Waals surface area contributed by atoms with E-state index in [0.717, 1.165) is 11.4 Å². The molecule has 0 aliphatic heterocycles. The van der Waals surface area contributed by atoms with E-state index >= 15 is 0 Å². The van der Waals surface area contributed by atoms with E-state index in [1.165, 1.54) is 0 Å². The van der Waals surface area contributed by atoms with Crippen molar-refractivity contribution in [1.82, 2.24) is 4.68 Å². The van der Waals surface area contributed by atoms with Gasteiger partial charge in [-0.05, 0) is 44.2 Å². The number of aromatic nitrogens is 1. The van der Waals surface area contributed by atoms with E-state index in [1.807, 2.05) is 30.7 Å². The zero-order chi connectivity index (χ0) is 15.2. The van der Waals surface area contributed by atoms with Gasteiger partial charge in [0.1, 0.15) is 18.5 Å². The molecule has 2 N–H and O–H groups in total. The van der Waals surface area contributed by atoms with Gasteiger partial charge in [0.15, 0.2) is 0 Å². The molecule has 1 aromatic heterocycles. The third kappa shape index (κ3) is 4.01. The Morgan fingerprint density at radius 2 is 2.00 bits per heavy atom. The summed E-state index contributed by atoms with van der Waals surface area (Å²) in [5.41, 5.74) is 5.87. The Hall–Kier alpha value is -2.45. The number of aliphatic hydroxyl groups excluding tert-OH is 1. The molecule has 0 aliphatic rings. The van der Waals surface area contributed by atoms with E-state index in [2.05, 4.69) is 11.5 Å². The van der Waals surface area contributed by atoms with Gasteiger partial charge in [-0.2, -0.15) is 5.26 Å². The molecule has 110 valence electrons. The van der Waals surface area contributed by atoms with Crippen LogP contribution < -0.4 is 10.2 Å². The van der Waals surface area contributed by atoms with Crippen LogP contribution in [-0.4, -0.2) is 29.0 Å². The molecule has 5 heteroatoms. The molecule has 0 saturated heterocycles. The maximum absolute atomic E-state index is 9.95. The minimum Gasteiger partial charge on any atom is -0.491 e. The molecule has 2 rings (SSSR count). The van der Waals surface area contributed by atoms with Crippen LogP contribution in [0.3, 0.4) is 0 Å². The summed E-state index contributed by atoms with van der Waals surface area (Å²) < 4.78 is 7.42. The van der Waals surface area contributed by atoms with Gasteiger partial charge in [-0.1, -0.05) is 6.07 Å². The Kier molecular flexibility index (Phi) is 4.85. The van der Waals surface area contributed by atoms with Crippen LogP contribution >= 0.6 is 0 Å². The number of aryl methyl sites for hydroxylation is 2. The lowest BCUT2D eigenvalue weighted by Crippen LogP contribution is -2.31. The van der Waals surface area contributed by atoms with Crippen molar-refractivity contribution in [1.29, 1.82) is 5.26 Å². The second-order valence-electron chi connectivity index (χ2n) is 4.92. The molecule has 0 amide bonds. The molecule has 1 atom stereocenters. The quantitative estimate of drug-likeness (QED) is 0.851. The van der Waals surface area contributed by atoms with Gasteiger partial charge in [-0.25, -0.2) is 0 Å². The van der Waals surface area contributed by atoms with E-state index in [4.69, 9.17) is 10.00 Å². The summed E-state index contributed by atoms with van der Waals surface area (Å²) in [6.45, 7) is 4.54. The summed E-state index contributed by atoms with van der Waals surface area (Å²) in [6, 6.07) is 13.0. The Morgan fingerprint density at radius 1 is 1.29 bits per heavy atom. The molecular weight excluding hydrogens is 266 g/mol. The molecule has 2 aromatic rings. The summed E-state index contributed by atoms with van der Waals surface area (Å²) in [4.78, 5) is 0. The first-order chi connectivity index (χ1) is 10.1. The Bertz CT molecular complexity index is 624. The fourth-order valence-electron chi connectivity index (χ4n) is 2.02. The lowest BCUT2D eigenvalue weighted by molar-refractivity contribution is 0.115. The molecule has 0 saturated carbocycles. The van der Waals surface area contributed by atoms with Gasteiger partial charge in [0.05, 0.1) is 18.2 Å². The zero-order valence-electron chi connectivity index (χ0n) is 12.2. The van der Waals surface area contributed by atoms with Crippen LogP contribution in [-0.2, 0) is 0 Å². The second kappa shape index (κ2) is 6.82. The Labute approximate surface area is 124 Å². The summed E-state index contributed by atoms with van der Waals surface area (Å²) in [7, 11) is 0. The first-order valence-corrected chi connectivity index (χ1v) is 6.80. The highest BCUT2D eigenvalue weighted by Gasteiger charge is 2.07. The minimum absolute atomic E-state index is 0.168. The number of aliphatic hydroxyl groups is 1. The maximum Gasteiger partial charge on any atom is 0.120 e. The minimum atomic E-state index is -0.642. The van der Waals surface area contributed by atoms with Gasteiger partial charge < -0.3 is 15.3 Å². The fourth-order valence-corrected chi connectivity index (χ4v) is 2.02. The fraction of sp³-hybridized carbons (Fsp3) is 0.312. The normalized spacial score (nSPS) is 11.7. The van der Waals surface area contributed by atoms with Crippen molar-refractivity contribution in [2.75, 3.05) is 18.6 Å². The van der Waals surface area contributed by atoms with Crippen LogP contribution in [0.2, 0.25) is 0 Å². The zero-order valence-corrected chi connectivity index (χ0v) is 12.2. The van der Waals surface area contributed by atoms with Crippen molar-refractivity contribution in [3.63, 3.8) is 0 Å². The van der Waals surface area contributed by atoms with Crippen LogP contribution in [0.1, 0.15) is 17.0 Å². The molecule has 21 heavy (non-hydrogen) atoms. The molecule has 5 nitrogen and oxygen atoms in total. The topological polar surface area (TPSA) is 70.2 Å². The van der Waals surface area contributed by atoms with E-state index in [9.17, 15) is 5.11 Å². The third-order valence-electron chi connectivity index (χ3n) is 3.16. The highest BCUT2D eigenvalue weighted by molar-refractivity contribution is 5.36. The van der Waals surface area contributed by atoms with E-state index in [-0.39, 0.29) is 6.61 Å². The predicted octanol–water partition coefficient (Wildman–Crippen LogP) is 1.96. The SMILES string of the molecule is Cc1ccc(C)n1NCC(O)COc1cccc(C#N)c1. The Morgan fingerprint density at radius 3 is 2.67 bits per heavy atom. The van der Waals surface area contributed by atoms with Crippen LogP contribution in [0, 0.1) is 25.2 Å². The molecule has 0 spiro atoms. The molecule has 1 unspecified atom stereocenters. The number of benzene rings is 1. The number of nitriles is 1. The van der Waals surface area contributed by atoms with Crippen molar-refractivity contribution in [2.45, 2.75) is 20.0 Å². The monoisotopic (exact) mass is 285 g/mol. The molecule has 0 bridgehead atoms. The lowest BCUT2D eigenvalue weighted by atomic mass is 10.2. The molecule has 0 radical (unpaired) electrons. The standard InChI is InChI=1S/C16H19N3O2/c1-12-6-7-13(2)19(12)18-10-15(20)11-21-16-5-3-4-14(8-16)9-17/h3-8,15,18,20H,10-11H2,1-2H3. The van der Waals surface area contributed by atoms with Crippen molar-refractivity contribution >= 4 is 0 Å². The molecule has 0 aliphatic carbocycles. The van der Waals surface area contributed by atoms with Gasteiger partial charge in [0.25, 0.3) is 0 Å². The van der Waals surface area contributed by atoms with Gasteiger partial charge in [-0.15, -0.1) is 0 Å². The lowest BCUT2D eigenvalue weighted by Gasteiger charge is -2.17. The second-order valence-corrected chi connectivity index (χ2v) is 4.92. The summed E-state index contributed by atoms with van der Waals surface area (Å²) in [5.74, 6) is 0.585. The van der Waals surface area contributed by atoms with Gasteiger partial charge >= 0.3 is 0 Å². The van der Waals surface area contributed by atoms with E-state index in [0.29, 0.717) is 17.9 Å².